The van der Waals surface area contributed by atoms with Gasteiger partial charge in [-0.15, -0.1) is 0 Å². The molecule has 1 atom stereocenters. The van der Waals surface area contributed by atoms with Gasteiger partial charge in [0.05, 0.1) is 0 Å². The summed E-state index contributed by atoms with van der Waals surface area (Å²) in [7, 11) is 0. The van der Waals surface area contributed by atoms with Crippen LogP contribution in [0.25, 0.3) is 0 Å². The molecule has 0 fully saturated rings. The maximum Gasteiger partial charge on any atom is 0.242 e. The Kier molecular flexibility index (Phi) is 4.43. The number of nitrogen functional groups attached to an aromatic ring is 1. The number of hydrogen-bond donors (Lipinski definition) is 4. The van der Waals surface area contributed by atoms with E-state index in [4.69, 9.17) is 5.84 Å². The number of carbonyl (C=O) groups excluding carboxylic acids is 1. The van der Waals surface area contributed by atoms with Crippen LogP contribution in [0.15, 0.2) is 12.3 Å². The van der Waals surface area contributed by atoms with Crippen LogP contribution in [0.1, 0.15) is 27.7 Å². The molecule has 1 aromatic heterocycles. The summed E-state index contributed by atoms with van der Waals surface area (Å²) in [6.45, 7) is 7.55. The van der Waals surface area contributed by atoms with Crippen LogP contribution in [0.4, 0.5) is 11.8 Å². The van der Waals surface area contributed by atoms with Crippen molar-refractivity contribution >= 4 is 17.7 Å². The minimum atomic E-state index is -0.398. The monoisotopic (exact) mass is 252 g/mol. The van der Waals surface area contributed by atoms with Crippen LogP contribution >= 0.6 is 0 Å². The molecule has 1 amide bonds. The quantitative estimate of drug-likeness (QED) is 0.459. The zero-order valence-electron chi connectivity index (χ0n) is 11.1. The Bertz CT molecular complexity index is 414. The first-order chi connectivity index (χ1) is 8.31. The summed E-state index contributed by atoms with van der Waals surface area (Å²) in [5, 5.41) is 5.86. The molecule has 0 aliphatic heterocycles. The van der Waals surface area contributed by atoms with Crippen LogP contribution in [0.5, 0.6) is 0 Å². The number of nitrogens with one attached hydrogen (secondary N) is 3. The predicted molar refractivity (Wildman–Crippen MR) is 70.8 cm³/mol. The molecule has 1 heterocycles. The molecule has 7 nitrogen and oxygen atoms in total. The van der Waals surface area contributed by atoms with Crippen molar-refractivity contribution in [1.82, 2.24) is 15.3 Å². The van der Waals surface area contributed by atoms with Gasteiger partial charge in [-0.1, -0.05) is 0 Å². The smallest absolute Gasteiger partial charge is 0.242 e. The van der Waals surface area contributed by atoms with Crippen molar-refractivity contribution in [1.29, 1.82) is 0 Å². The van der Waals surface area contributed by atoms with E-state index in [9.17, 15) is 4.79 Å². The number of nitrogens with two attached hydrogens (primary N) is 1. The summed E-state index contributed by atoms with van der Waals surface area (Å²) in [6, 6.07) is 1.27. The SMILES string of the molecule is CC(Nc1ccnc(NN)n1)C(=O)NC(C)(C)C. The van der Waals surface area contributed by atoms with Crippen molar-refractivity contribution < 1.29 is 4.79 Å². The minimum Gasteiger partial charge on any atom is -0.358 e. The van der Waals surface area contributed by atoms with Gasteiger partial charge in [-0.05, 0) is 33.8 Å². The molecule has 0 radical (unpaired) electrons. The zero-order valence-corrected chi connectivity index (χ0v) is 11.1. The van der Waals surface area contributed by atoms with Gasteiger partial charge < -0.3 is 10.6 Å². The highest BCUT2D eigenvalue weighted by molar-refractivity contribution is 5.84. The van der Waals surface area contributed by atoms with E-state index in [0.717, 1.165) is 0 Å². The van der Waals surface area contributed by atoms with Crippen LogP contribution in [-0.2, 0) is 4.79 Å². The number of rotatable bonds is 4. The Labute approximate surface area is 107 Å². The molecule has 1 rings (SSSR count). The van der Waals surface area contributed by atoms with Crippen LogP contribution in [0.2, 0.25) is 0 Å². The second-order valence-corrected chi connectivity index (χ2v) is 5.02. The van der Waals surface area contributed by atoms with Gasteiger partial charge in [0, 0.05) is 11.7 Å². The lowest BCUT2D eigenvalue weighted by molar-refractivity contribution is -0.122. The molecular formula is C11H20N6O. The zero-order chi connectivity index (χ0) is 13.8. The van der Waals surface area contributed by atoms with Gasteiger partial charge in [-0.2, -0.15) is 4.98 Å². The number of nitrogens with zero attached hydrogens (tertiary/aromatic N) is 2. The number of carbonyl (C=O) groups is 1. The second-order valence-electron chi connectivity index (χ2n) is 5.02. The van der Waals surface area contributed by atoms with E-state index in [0.29, 0.717) is 11.8 Å². The molecule has 0 aliphatic carbocycles. The summed E-state index contributed by atoms with van der Waals surface area (Å²) >= 11 is 0. The van der Waals surface area contributed by atoms with Crippen LogP contribution in [0, 0.1) is 0 Å². The first-order valence-corrected chi connectivity index (χ1v) is 5.70. The number of aromatic nitrogens is 2. The molecule has 0 spiro atoms. The first kappa shape index (κ1) is 14.2. The lowest BCUT2D eigenvalue weighted by Crippen LogP contribution is -2.47. The summed E-state index contributed by atoms with van der Waals surface area (Å²) < 4.78 is 0. The van der Waals surface area contributed by atoms with E-state index in [2.05, 4.69) is 26.0 Å². The molecule has 1 unspecified atom stereocenters. The third-order valence-electron chi connectivity index (χ3n) is 2.04. The molecule has 18 heavy (non-hydrogen) atoms. The average Bonchev–Trinajstić information content (AvgIpc) is 2.27. The fraction of sp³-hybridized carbons (Fsp3) is 0.545. The predicted octanol–water partition coefficient (Wildman–Crippen LogP) is 0.477. The van der Waals surface area contributed by atoms with Crippen LogP contribution in [-0.4, -0.2) is 27.5 Å². The highest BCUT2D eigenvalue weighted by atomic mass is 16.2. The summed E-state index contributed by atoms with van der Waals surface area (Å²) in [6.07, 6.45) is 1.55. The van der Waals surface area contributed by atoms with Crippen molar-refractivity contribution in [3.8, 4) is 0 Å². The van der Waals surface area contributed by atoms with Gasteiger partial charge in [0.1, 0.15) is 11.9 Å². The summed E-state index contributed by atoms with van der Waals surface area (Å²) in [5.74, 6) is 5.95. The molecule has 0 saturated heterocycles. The highest BCUT2D eigenvalue weighted by Gasteiger charge is 2.19. The molecule has 5 N–H and O–H groups in total. The Morgan fingerprint density at radius 3 is 2.67 bits per heavy atom. The average molecular weight is 252 g/mol. The van der Waals surface area contributed by atoms with E-state index in [1.165, 1.54) is 0 Å². The van der Waals surface area contributed by atoms with E-state index in [-0.39, 0.29) is 11.4 Å². The standard InChI is InChI=1S/C11H20N6O/c1-7(9(18)16-11(2,3)4)14-8-5-6-13-10(15-8)17-12/h5-7H,12H2,1-4H3,(H,16,18)(H2,13,14,15,17). The minimum absolute atomic E-state index is 0.0941. The third kappa shape index (κ3) is 4.54. The van der Waals surface area contributed by atoms with Gasteiger partial charge in [0.2, 0.25) is 11.9 Å². The molecular weight excluding hydrogens is 232 g/mol. The third-order valence-corrected chi connectivity index (χ3v) is 2.04. The lowest BCUT2D eigenvalue weighted by atomic mass is 10.1. The van der Waals surface area contributed by atoms with Gasteiger partial charge >= 0.3 is 0 Å². The normalized spacial score (nSPS) is 12.7. The number of hydrogen-bond acceptors (Lipinski definition) is 6. The number of amides is 1. The van der Waals surface area contributed by atoms with Crippen molar-refractivity contribution in [3.05, 3.63) is 12.3 Å². The molecule has 0 saturated carbocycles. The van der Waals surface area contributed by atoms with Crippen molar-refractivity contribution in [3.63, 3.8) is 0 Å². The van der Waals surface area contributed by atoms with Crippen molar-refractivity contribution in [2.45, 2.75) is 39.3 Å². The van der Waals surface area contributed by atoms with Gasteiger partial charge in [0.25, 0.3) is 0 Å². The second kappa shape index (κ2) is 5.63. The largest absolute Gasteiger partial charge is 0.358 e. The van der Waals surface area contributed by atoms with Crippen molar-refractivity contribution in [2.24, 2.45) is 5.84 Å². The van der Waals surface area contributed by atoms with E-state index in [1.54, 1.807) is 19.2 Å². The fourth-order valence-electron chi connectivity index (χ4n) is 1.27. The molecule has 1 aromatic rings. The van der Waals surface area contributed by atoms with Gasteiger partial charge in [-0.3, -0.25) is 10.2 Å². The summed E-state index contributed by atoms with van der Waals surface area (Å²) in [5.41, 5.74) is 2.08. The van der Waals surface area contributed by atoms with Crippen molar-refractivity contribution in [2.75, 3.05) is 10.7 Å². The molecule has 0 aromatic carbocycles. The van der Waals surface area contributed by atoms with E-state index in [1.807, 2.05) is 20.8 Å². The maximum atomic E-state index is 11.9. The number of hydrazine groups is 1. The summed E-state index contributed by atoms with van der Waals surface area (Å²) in [4.78, 5) is 19.8. The topological polar surface area (TPSA) is 105 Å². The molecule has 0 bridgehead atoms. The van der Waals surface area contributed by atoms with Crippen LogP contribution in [0.3, 0.4) is 0 Å². The molecule has 100 valence electrons. The Hall–Kier alpha value is -1.89. The molecule has 7 heteroatoms. The van der Waals surface area contributed by atoms with Gasteiger partial charge in [-0.25, -0.2) is 10.8 Å². The van der Waals surface area contributed by atoms with E-state index < -0.39 is 6.04 Å². The number of anilines is 2. The Morgan fingerprint density at radius 1 is 1.44 bits per heavy atom. The fourth-order valence-corrected chi connectivity index (χ4v) is 1.27. The van der Waals surface area contributed by atoms with Crippen LogP contribution < -0.4 is 21.9 Å². The highest BCUT2D eigenvalue weighted by Crippen LogP contribution is 2.07. The lowest BCUT2D eigenvalue weighted by Gasteiger charge is -2.23. The Morgan fingerprint density at radius 2 is 2.11 bits per heavy atom. The Balaban J connectivity index is 2.63. The first-order valence-electron chi connectivity index (χ1n) is 5.70. The maximum absolute atomic E-state index is 11.9. The van der Waals surface area contributed by atoms with E-state index >= 15 is 0 Å². The van der Waals surface area contributed by atoms with Gasteiger partial charge in [0.15, 0.2) is 0 Å². The molecule has 0 aliphatic rings.